The Morgan fingerprint density at radius 3 is 1.82 bits per heavy atom. The summed E-state index contributed by atoms with van der Waals surface area (Å²) in [4.78, 5) is 0. The van der Waals surface area contributed by atoms with Crippen molar-refractivity contribution in [2.24, 2.45) is 0 Å². The van der Waals surface area contributed by atoms with Crippen LogP contribution in [-0.2, 0) is 20.8 Å². The molecule has 2 fully saturated rings. The second kappa shape index (κ2) is 11.6. The number of fused-ring (bicyclic) bond motifs is 5. The second-order valence-corrected chi connectivity index (χ2v) is 18.6. The van der Waals surface area contributed by atoms with E-state index in [-0.39, 0.29) is 0 Å². The fourth-order valence-corrected chi connectivity index (χ4v) is 10.8. The van der Waals surface area contributed by atoms with Crippen LogP contribution in [0.3, 0.4) is 0 Å². The molecule has 0 amide bonds. The number of hydrogen-bond donors (Lipinski definition) is 0. The summed E-state index contributed by atoms with van der Waals surface area (Å²) in [5.74, 6) is 9.83. The fourth-order valence-electron chi connectivity index (χ4n) is 6.78. The number of rotatable bonds is 3. The number of halogens is 2. The Kier molecular flexibility index (Phi) is 8.32. The normalized spacial score (nSPS) is 23.1. The molecule has 2 aromatic rings. The molecule has 0 nitrogen and oxygen atoms in total. The van der Waals surface area contributed by atoms with Crippen LogP contribution in [-0.4, -0.2) is 8.07 Å². The molecule has 4 heteroatoms. The van der Waals surface area contributed by atoms with Gasteiger partial charge >= 0.3 is 37.9 Å². The van der Waals surface area contributed by atoms with Crippen molar-refractivity contribution >= 4 is 41.4 Å². The minimum absolute atomic E-state index is 0.826. The van der Waals surface area contributed by atoms with Crippen LogP contribution in [0.5, 0.6) is 0 Å². The van der Waals surface area contributed by atoms with E-state index in [1.807, 2.05) is 0 Å². The molecule has 0 saturated heterocycles. The van der Waals surface area contributed by atoms with E-state index in [2.05, 4.69) is 136 Å². The van der Waals surface area contributed by atoms with Gasteiger partial charge in [-0.3, -0.25) is 0 Å². The summed E-state index contributed by atoms with van der Waals surface area (Å²) >= 11 is -0.826. The molecule has 0 unspecified atom stereocenters. The molecular weight excluding hydrogens is 611 g/mol. The third kappa shape index (κ3) is 4.86. The zero-order valence-electron chi connectivity index (χ0n) is 22.2. The Hall–Kier alpha value is -1.18. The molecule has 5 aliphatic carbocycles. The van der Waals surface area contributed by atoms with Gasteiger partial charge in [0.05, 0.1) is 8.07 Å². The van der Waals surface area contributed by atoms with Crippen LogP contribution in [0, 0.1) is 58.9 Å². The first kappa shape index (κ1) is 28.0. The summed E-state index contributed by atoms with van der Waals surface area (Å²) in [5.41, 5.74) is 5.79. The number of allylic oxidation sites excluding steroid dienone is 12. The monoisotopic (exact) mass is 636 g/mol. The van der Waals surface area contributed by atoms with Gasteiger partial charge in [0.25, 0.3) is 0 Å². The first-order chi connectivity index (χ1) is 19.0. The predicted octanol–water partition coefficient (Wildman–Crippen LogP) is 9.63. The summed E-state index contributed by atoms with van der Waals surface area (Å²) in [7, 11) is 7.80. The second-order valence-electron chi connectivity index (χ2n) is 10.7. The quantitative estimate of drug-likeness (QED) is 0.294. The Morgan fingerprint density at radius 2 is 1.15 bits per heavy atom. The van der Waals surface area contributed by atoms with E-state index < -0.39 is 28.9 Å². The molecule has 0 aliphatic heterocycles. The van der Waals surface area contributed by atoms with E-state index in [1.165, 1.54) is 63.3 Å². The predicted molar refractivity (Wildman–Crippen MR) is 166 cm³/mol. The van der Waals surface area contributed by atoms with Crippen molar-refractivity contribution in [1.82, 2.24) is 0 Å². The van der Waals surface area contributed by atoms with Crippen molar-refractivity contribution in [3.05, 3.63) is 174 Å². The summed E-state index contributed by atoms with van der Waals surface area (Å²) in [6.07, 6.45) is 27.4. The summed E-state index contributed by atoms with van der Waals surface area (Å²) in [5, 5.41) is 2.61. The third-order valence-corrected chi connectivity index (χ3v) is 11.8. The van der Waals surface area contributed by atoms with E-state index in [0.29, 0.717) is 0 Å². The van der Waals surface area contributed by atoms with Crippen LogP contribution < -0.4 is 0 Å². The van der Waals surface area contributed by atoms with Gasteiger partial charge < -0.3 is 0 Å². The Labute approximate surface area is 254 Å². The van der Waals surface area contributed by atoms with Crippen molar-refractivity contribution in [3.8, 4) is 0 Å². The van der Waals surface area contributed by atoms with E-state index in [0.717, 1.165) is 0 Å². The molecule has 0 N–H and O–H groups in total. The van der Waals surface area contributed by atoms with Crippen molar-refractivity contribution < 1.29 is 20.8 Å². The molecule has 2 saturated carbocycles. The standard InChI is InChI=1S/C35H28Si.2ClH.Zr/c1-23-22-33-29(26-19-10-13-24-12-4-5-14-25(24)26)20-11-21-32(33)34(23)36(2,3)35-30-17-8-6-15-27(30)28-16-7-9-18-31(28)35;;;/h4-22H,1-3H3;2*1H;/q;;;+4/p-2. The number of hydrogen-bond acceptors (Lipinski definition) is 0. The van der Waals surface area contributed by atoms with Gasteiger partial charge in [-0.15, -0.1) is 0 Å². The van der Waals surface area contributed by atoms with E-state index in [4.69, 9.17) is 17.0 Å². The summed E-state index contributed by atoms with van der Waals surface area (Å²) in [6, 6.07) is 15.4. The summed E-state index contributed by atoms with van der Waals surface area (Å²) < 4.78 is 0. The van der Waals surface area contributed by atoms with E-state index >= 15 is 0 Å². The molecule has 0 aromatic heterocycles. The third-order valence-electron chi connectivity index (χ3n) is 8.14. The molecule has 0 atom stereocenters. The van der Waals surface area contributed by atoms with Crippen LogP contribution in [0.15, 0.2) is 109 Å². The fraction of sp³-hybridized carbons (Fsp3) is 0.0857. The molecule has 0 spiro atoms. The topological polar surface area (TPSA) is 0 Å². The minimum atomic E-state index is -2.07. The molecule has 39 heavy (non-hydrogen) atoms. The number of benzene rings is 2. The zero-order valence-corrected chi connectivity index (χ0v) is 27.2. The van der Waals surface area contributed by atoms with Crippen LogP contribution in [0.1, 0.15) is 12.5 Å². The van der Waals surface area contributed by atoms with E-state index in [1.54, 1.807) is 11.1 Å². The Bertz CT molecular complexity index is 1360. The van der Waals surface area contributed by atoms with E-state index in [9.17, 15) is 0 Å². The maximum absolute atomic E-state index is 4.93. The van der Waals surface area contributed by atoms with Gasteiger partial charge in [0.1, 0.15) is 0 Å². The Morgan fingerprint density at radius 1 is 0.615 bits per heavy atom. The van der Waals surface area contributed by atoms with Gasteiger partial charge in [-0.25, -0.2) is 0 Å². The van der Waals surface area contributed by atoms with Crippen LogP contribution in [0.4, 0.5) is 0 Å². The molecule has 2 aromatic carbocycles. The molecule has 7 rings (SSSR count). The van der Waals surface area contributed by atoms with Crippen molar-refractivity contribution in [3.63, 3.8) is 0 Å². The SMILES string of the molecule is C[C]1[CH][C]2[C](C=CC=C2c2cccc3ccccc23)[C]1[Si](C)(C)[C]1[C]2C=CC=C[C]2[C]2C=CC=C[C]21.[Cl][Zr+2][Cl]. The van der Waals surface area contributed by atoms with Crippen molar-refractivity contribution in [1.29, 1.82) is 0 Å². The molecule has 10 radical (unpaired) electrons. The zero-order chi connectivity index (χ0) is 27.1. The van der Waals surface area contributed by atoms with Crippen molar-refractivity contribution in [2.75, 3.05) is 0 Å². The van der Waals surface area contributed by atoms with Crippen LogP contribution in [0.2, 0.25) is 13.1 Å². The van der Waals surface area contributed by atoms with Gasteiger partial charge in [-0.1, -0.05) is 129 Å². The van der Waals surface area contributed by atoms with Gasteiger partial charge in [-0.2, -0.15) is 0 Å². The first-order valence-electron chi connectivity index (χ1n) is 13.2. The molecule has 188 valence electrons. The van der Waals surface area contributed by atoms with Crippen LogP contribution >= 0.6 is 17.0 Å². The first-order valence-corrected chi connectivity index (χ1v) is 22.5. The molecule has 0 bridgehead atoms. The molecular formula is C35H28Cl2SiZr+2. The van der Waals surface area contributed by atoms with Crippen molar-refractivity contribution in [2.45, 2.75) is 20.0 Å². The maximum atomic E-state index is 4.93. The Balaban J connectivity index is 0.000000883. The van der Waals surface area contributed by atoms with Gasteiger partial charge in [0.15, 0.2) is 0 Å². The summed E-state index contributed by atoms with van der Waals surface area (Å²) in [6.45, 7) is 7.42. The van der Waals surface area contributed by atoms with Crippen LogP contribution in [0.25, 0.3) is 16.3 Å². The molecule has 5 aliphatic rings. The van der Waals surface area contributed by atoms with Gasteiger partial charge in [-0.05, 0) is 45.3 Å². The average molecular weight is 639 g/mol. The van der Waals surface area contributed by atoms with Gasteiger partial charge in [0, 0.05) is 35.5 Å². The van der Waals surface area contributed by atoms with Gasteiger partial charge in [0.2, 0.25) is 0 Å². The average Bonchev–Trinajstić information content (AvgIpc) is 3.48. The molecule has 0 heterocycles.